The SMILES string of the molecule is CCOC(=O)[C@H](C)N1C(=O)S/C(=C/c2cc(Br)c(OCc3cccc(C)c3)c(OCC)c2)C1=O. The molecule has 1 heterocycles. The molecule has 7 nitrogen and oxygen atoms in total. The molecule has 1 aliphatic rings. The van der Waals surface area contributed by atoms with E-state index in [-0.39, 0.29) is 11.5 Å². The molecule has 1 aliphatic heterocycles. The van der Waals surface area contributed by atoms with Crippen LogP contribution in [-0.2, 0) is 20.9 Å². The third-order valence-corrected chi connectivity index (χ3v) is 6.41. The van der Waals surface area contributed by atoms with Gasteiger partial charge in [0.1, 0.15) is 12.6 Å². The van der Waals surface area contributed by atoms with Crippen LogP contribution in [0.4, 0.5) is 4.79 Å². The highest BCUT2D eigenvalue weighted by atomic mass is 79.9. The van der Waals surface area contributed by atoms with Crippen LogP contribution in [0, 0.1) is 6.92 Å². The van der Waals surface area contributed by atoms with Crippen LogP contribution in [0.5, 0.6) is 11.5 Å². The van der Waals surface area contributed by atoms with E-state index in [0.717, 1.165) is 27.8 Å². The van der Waals surface area contributed by atoms with E-state index in [1.165, 1.54) is 6.92 Å². The van der Waals surface area contributed by atoms with E-state index in [1.807, 2.05) is 32.0 Å². The van der Waals surface area contributed by atoms with Gasteiger partial charge in [0, 0.05) is 0 Å². The Balaban J connectivity index is 1.85. The fourth-order valence-electron chi connectivity index (χ4n) is 3.37. The highest BCUT2D eigenvalue weighted by Gasteiger charge is 2.41. The van der Waals surface area contributed by atoms with E-state index < -0.39 is 23.2 Å². The summed E-state index contributed by atoms with van der Waals surface area (Å²) in [7, 11) is 0. The number of carbonyl (C=O) groups is 3. The monoisotopic (exact) mass is 547 g/mol. The van der Waals surface area contributed by atoms with E-state index in [1.54, 1.807) is 25.1 Å². The van der Waals surface area contributed by atoms with Crippen LogP contribution in [0.25, 0.3) is 6.08 Å². The largest absolute Gasteiger partial charge is 0.490 e. The minimum absolute atomic E-state index is 0.168. The van der Waals surface area contributed by atoms with Crippen molar-refractivity contribution in [3.63, 3.8) is 0 Å². The molecule has 180 valence electrons. The number of benzene rings is 2. The van der Waals surface area contributed by atoms with Gasteiger partial charge in [0.25, 0.3) is 11.1 Å². The molecule has 1 saturated heterocycles. The molecular formula is C25H26BrNO6S. The van der Waals surface area contributed by atoms with Crippen molar-refractivity contribution in [3.8, 4) is 11.5 Å². The molecule has 0 aliphatic carbocycles. The zero-order valence-corrected chi connectivity index (χ0v) is 21.8. The number of imide groups is 1. The van der Waals surface area contributed by atoms with E-state index >= 15 is 0 Å². The van der Waals surface area contributed by atoms with Crippen LogP contribution in [0.2, 0.25) is 0 Å². The maximum Gasteiger partial charge on any atom is 0.329 e. The van der Waals surface area contributed by atoms with Crippen molar-refractivity contribution in [1.29, 1.82) is 0 Å². The smallest absolute Gasteiger partial charge is 0.329 e. The lowest BCUT2D eigenvalue weighted by Crippen LogP contribution is -2.42. The van der Waals surface area contributed by atoms with Crippen LogP contribution in [0.15, 0.2) is 45.8 Å². The number of hydrogen-bond acceptors (Lipinski definition) is 7. The van der Waals surface area contributed by atoms with Crippen molar-refractivity contribution in [2.24, 2.45) is 0 Å². The Bertz CT molecular complexity index is 1130. The minimum atomic E-state index is -0.999. The summed E-state index contributed by atoms with van der Waals surface area (Å²) in [6.07, 6.45) is 1.60. The van der Waals surface area contributed by atoms with Crippen molar-refractivity contribution in [3.05, 3.63) is 62.5 Å². The molecule has 9 heteroatoms. The lowest BCUT2D eigenvalue weighted by Gasteiger charge is -2.19. The number of amides is 2. The van der Waals surface area contributed by atoms with Crippen LogP contribution >= 0.6 is 27.7 Å². The first-order valence-corrected chi connectivity index (χ1v) is 12.4. The fraction of sp³-hybridized carbons (Fsp3) is 0.320. The van der Waals surface area contributed by atoms with Crippen molar-refractivity contribution >= 4 is 50.9 Å². The van der Waals surface area contributed by atoms with Gasteiger partial charge in [0.05, 0.1) is 22.6 Å². The van der Waals surface area contributed by atoms with Gasteiger partial charge in [-0.1, -0.05) is 29.8 Å². The molecular weight excluding hydrogens is 522 g/mol. The summed E-state index contributed by atoms with van der Waals surface area (Å²) in [4.78, 5) is 38.5. The zero-order valence-electron chi connectivity index (χ0n) is 19.4. The molecule has 2 aromatic rings. The molecule has 2 aromatic carbocycles. The average molecular weight is 548 g/mol. The third kappa shape index (κ3) is 6.01. The van der Waals surface area contributed by atoms with E-state index in [0.29, 0.717) is 34.7 Å². The molecule has 2 amide bonds. The standard InChI is InChI=1S/C25H26BrNO6S/c1-5-31-20-12-18(11-19(26)22(20)33-14-17-9-7-8-15(3)10-17)13-21-23(28)27(25(30)34-21)16(4)24(29)32-6-2/h7-13,16H,5-6,14H2,1-4H3/b21-13+/t16-/m0/s1. The zero-order chi connectivity index (χ0) is 24.8. The Morgan fingerprint density at radius 3 is 2.59 bits per heavy atom. The predicted octanol–water partition coefficient (Wildman–Crippen LogP) is 5.72. The lowest BCUT2D eigenvalue weighted by atomic mass is 10.1. The van der Waals surface area contributed by atoms with Gasteiger partial charge in [-0.2, -0.15) is 0 Å². The Morgan fingerprint density at radius 1 is 1.15 bits per heavy atom. The topological polar surface area (TPSA) is 82.1 Å². The first-order chi connectivity index (χ1) is 16.2. The molecule has 0 unspecified atom stereocenters. The molecule has 0 spiro atoms. The van der Waals surface area contributed by atoms with E-state index in [9.17, 15) is 14.4 Å². The Kier molecular flexibility index (Phi) is 8.79. The maximum absolute atomic E-state index is 12.9. The van der Waals surface area contributed by atoms with Crippen molar-refractivity contribution in [1.82, 2.24) is 4.90 Å². The van der Waals surface area contributed by atoms with Crippen molar-refractivity contribution < 1.29 is 28.6 Å². The summed E-state index contributed by atoms with van der Waals surface area (Å²) >= 11 is 4.32. The van der Waals surface area contributed by atoms with Gasteiger partial charge in [0.15, 0.2) is 11.5 Å². The van der Waals surface area contributed by atoms with E-state index in [2.05, 4.69) is 22.0 Å². The molecule has 1 atom stereocenters. The van der Waals surface area contributed by atoms with Gasteiger partial charge in [-0.25, -0.2) is 4.79 Å². The Morgan fingerprint density at radius 2 is 1.91 bits per heavy atom. The van der Waals surface area contributed by atoms with Crippen molar-refractivity contribution in [2.45, 2.75) is 40.3 Å². The highest BCUT2D eigenvalue weighted by molar-refractivity contribution is 9.10. The Hall–Kier alpha value is -2.78. The number of carbonyl (C=O) groups excluding carboxylic acids is 3. The minimum Gasteiger partial charge on any atom is -0.490 e. The second-order valence-corrected chi connectivity index (χ2v) is 9.37. The number of aryl methyl sites for hydroxylation is 1. The molecule has 0 bridgehead atoms. The summed E-state index contributed by atoms with van der Waals surface area (Å²) in [6, 6.07) is 10.6. The quantitative estimate of drug-likeness (QED) is 0.293. The molecule has 3 rings (SSSR count). The Labute approximate surface area is 211 Å². The van der Waals surface area contributed by atoms with E-state index in [4.69, 9.17) is 14.2 Å². The summed E-state index contributed by atoms with van der Waals surface area (Å²) in [5.41, 5.74) is 2.82. The van der Waals surface area contributed by atoms with Crippen LogP contribution in [-0.4, -0.2) is 41.3 Å². The van der Waals surface area contributed by atoms with Gasteiger partial charge in [-0.15, -0.1) is 0 Å². The molecule has 0 N–H and O–H groups in total. The van der Waals surface area contributed by atoms with Crippen molar-refractivity contribution in [2.75, 3.05) is 13.2 Å². The molecule has 0 radical (unpaired) electrons. The van der Waals surface area contributed by atoms with Gasteiger partial charge >= 0.3 is 5.97 Å². The van der Waals surface area contributed by atoms with Gasteiger partial charge in [0.2, 0.25) is 0 Å². The third-order valence-electron chi connectivity index (χ3n) is 4.93. The molecule has 0 saturated carbocycles. The number of halogens is 1. The second kappa shape index (κ2) is 11.6. The van der Waals surface area contributed by atoms with Gasteiger partial charge < -0.3 is 14.2 Å². The molecule has 1 fully saturated rings. The first-order valence-electron chi connectivity index (χ1n) is 10.8. The lowest BCUT2D eigenvalue weighted by molar-refractivity contribution is -0.150. The number of thioether (sulfide) groups is 1. The second-order valence-electron chi connectivity index (χ2n) is 7.52. The summed E-state index contributed by atoms with van der Waals surface area (Å²) < 4.78 is 17.4. The van der Waals surface area contributed by atoms with Gasteiger partial charge in [-0.3, -0.25) is 14.5 Å². The van der Waals surface area contributed by atoms with Crippen LogP contribution in [0.3, 0.4) is 0 Å². The summed E-state index contributed by atoms with van der Waals surface area (Å²) in [5.74, 6) is -0.105. The number of nitrogens with zero attached hydrogens (tertiary/aromatic N) is 1. The average Bonchev–Trinajstić information content (AvgIpc) is 3.05. The number of rotatable bonds is 9. The number of ether oxygens (including phenoxy) is 3. The van der Waals surface area contributed by atoms with Gasteiger partial charge in [-0.05, 0) is 84.7 Å². The normalized spacial score (nSPS) is 15.6. The highest BCUT2D eigenvalue weighted by Crippen LogP contribution is 2.40. The van der Waals surface area contributed by atoms with Crippen LogP contribution in [0.1, 0.15) is 37.5 Å². The summed E-state index contributed by atoms with van der Waals surface area (Å²) in [5, 5.41) is -0.515. The summed E-state index contributed by atoms with van der Waals surface area (Å²) in [6.45, 7) is 7.99. The fourth-order valence-corrected chi connectivity index (χ4v) is 4.85. The molecule has 34 heavy (non-hydrogen) atoms. The first kappa shape index (κ1) is 25.8. The number of hydrogen-bond donors (Lipinski definition) is 0. The maximum atomic E-state index is 12.9. The number of esters is 1. The predicted molar refractivity (Wildman–Crippen MR) is 135 cm³/mol. The molecule has 0 aromatic heterocycles. The van der Waals surface area contributed by atoms with Crippen LogP contribution < -0.4 is 9.47 Å².